The molecule has 1 amide bonds. The van der Waals surface area contributed by atoms with Crippen molar-refractivity contribution in [1.82, 2.24) is 10.3 Å². The Morgan fingerprint density at radius 1 is 1.20 bits per heavy atom. The van der Waals surface area contributed by atoms with Crippen LogP contribution in [0.5, 0.6) is 0 Å². The van der Waals surface area contributed by atoms with Crippen molar-refractivity contribution in [2.45, 2.75) is 50.9 Å². The lowest BCUT2D eigenvalue weighted by molar-refractivity contribution is -0.120. The molecule has 2 aliphatic rings. The molecule has 1 saturated heterocycles. The van der Waals surface area contributed by atoms with Gasteiger partial charge in [-0.1, -0.05) is 19.3 Å². The molecule has 110 valence electrons. The Morgan fingerprint density at radius 2 is 1.95 bits per heavy atom. The first kappa shape index (κ1) is 14.0. The lowest BCUT2D eigenvalue weighted by atomic mass is 9.89. The third-order valence-corrected chi connectivity index (χ3v) is 5.55. The molecule has 4 nitrogen and oxygen atoms in total. The number of thiazole rings is 1. The SMILES string of the molecule is O=C(Nc1ncc(C2CCNCC2)s1)C1CCCCC1. The maximum Gasteiger partial charge on any atom is 0.229 e. The molecule has 3 rings (SSSR count). The molecule has 20 heavy (non-hydrogen) atoms. The molecule has 0 spiro atoms. The van der Waals surface area contributed by atoms with E-state index in [1.807, 2.05) is 6.20 Å². The normalized spacial score (nSPS) is 21.8. The Balaban J connectivity index is 1.57. The quantitative estimate of drug-likeness (QED) is 0.900. The number of nitrogens with one attached hydrogen (secondary N) is 2. The van der Waals surface area contributed by atoms with Crippen LogP contribution in [0.4, 0.5) is 5.13 Å². The summed E-state index contributed by atoms with van der Waals surface area (Å²) >= 11 is 1.66. The van der Waals surface area contributed by atoms with E-state index in [0.717, 1.165) is 31.1 Å². The van der Waals surface area contributed by atoms with Crippen molar-refractivity contribution in [2.75, 3.05) is 18.4 Å². The van der Waals surface area contributed by atoms with Gasteiger partial charge in [-0.25, -0.2) is 4.98 Å². The molecule has 2 fully saturated rings. The van der Waals surface area contributed by atoms with Crippen molar-refractivity contribution < 1.29 is 4.79 Å². The molecule has 0 unspecified atom stereocenters. The lowest BCUT2D eigenvalue weighted by Crippen LogP contribution is -2.26. The van der Waals surface area contributed by atoms with Crippen LogP contribution < -0.4 is 10.6 Å². The molecule has 1 saturated carbocycles. The largest absolute Gasteiger partial charge is 0.317 e. The number of carbonyl (C=O) groups excluding carboxylic acids is 1. The Hall–Kier alpha value is -0.940. The molecule has 0 radical (unpaired) electrons. The minimum atomic E-state index is 0.177. The summed E-state index contributed by atoms with van der Waals surface area (Å²) < 4.78 is 0. The Kier molecular flexibility index (Phi) is 4.68. The average molecular weight is 293 g/mol. The summed E-state index contributed by atoms with van der Waals surface area (Å²) in [4.78, 5) is 17.9. The van der Waals surface area contributed by atoms with Crippen molar-refractivity contribution in [3.8, 4) is 0 Å². The molecule has 1 aromatic heterocycles. The zero-order valence-electron chi connectivity index (χ0n) is 11.9. The van der Waals surface area contributed by atoms with E-state index in [2.05, 4.69) is 15.6 Å². The van der Waals surface area contributed by atoms with Crippen LogP contribution in [0.2, 0.25) is 0 Å². The molecule has 0 atom stereocenters. The molecule has 1 aliphatic carbocycles. The van der Waals surface area contributed by atoms with Gasteiger partial charge in [0.2, 0.25) is 5.91 Å². The predicted molar refractivity (Wildman–Crippen MR) is 82.2 cm³/mol. The van der Waals surface area contributed by atoms with Gasteiger partial charge in [0.15, 0.2) is 5.13 Å². The van der Waals surface area contributed by atoms with E-state index in [1.54, 1.807) is 11.3 Å². The summed E-state index contributed by atoms with van der Waals surface area (Å²) in [6.45, 7) is 2.18. The summed E-state index contributed by atoms with van der Waals surface area (Å²) in [6, 6.07) is 0. The van der Waals surface area contributed by atoms with E-state index in [1.165, 1.54) is 37.0 Å². The van der Waals surface area contributed by atoms with Crippen LogP contribution in [0.3, 0.4) is 0 Å². The van der Waals surface area contributed by atoms with Crippen LogP contribution in [-0.2, 0) is 4.79 Å². The molecule has 2 N–H and O–H groups in total. The summed E-state index contributed by atoms with van der Waals surface area (Å²) in [7, 11) is 0. The Morgan fingerprint density at radius 3 is 2.70 bits per heavy atom. The lowest BCUT2D eigenvalue weighted by Gasteiger charge is -2.21. The number of hydrogen-bond acceptors (Lipinski definition) is 4. The molecule has 2 heterocycles. The molecule has 5 heteroatoms. The van der Waals surface area contributed by atoms with Crippen molar-refractivity contribution in [3.05, 3.63) is 11.1 Å². The maximum absolute atomic E-state index is 12.2. The second-order valence-corrected chi connectivity index (χ2v) is 6.98. The number of piperidine rings is 1. The third-order valence-electron chi connectivity index (χ3n) is 4.47. The van der Waals surface area contributed by atoms with E-state index in [0.29, 0.717) is 5.92 Å². The van der Waals surface area contributed by atoms with E-state index in [4.69, 9.17) is 0 Å². The number of amides is 1. The maximum atomic E-state index is 12.2. The number of carbonyl (C=O) groups is 1. The van der Waals surface area contributed by atoms with Gasteiger partial charge in [-0.2, -0.15) is 0 Å². The van der Waals surface area contributed by atoms with Crippen LogP contribution in [0.25, 0.3) is 0 Å². The van der Waals surface area contributed by atoms with Gasteiger partial charge in [-0.15, -0.1) is 11.3 Å². The highest BCUT2D eigenvalue weighted by Gasteiger charge is 2.23. The average Bonchev–Trinajstić information content (AvgIpc) is 2.97. The minimum Gasteiger partial charge on any atom is -0.317 e. The van der Waals surface area contributed by atoms with Gasteiger partial charge in [0.25, 0.3) is 0 Å². The number of hydrogen-bond donors (Lipinski definition) is 2. The fourth-order valence-corrected chi connectivity index (χ4v) is 4.20. The molecule has 1 aromatic rings. The van der Waals surface area contributed by atoms with E-state index in [-0.39, 0.29) is 11.8 Å². The van der Waals surface area contributed by atoms with Crippen LogP contribution in [0, 0.1) is 5.92 Å². The molecular formula is C15H23N3OS. The minimum absolute atomic E-state index is 0.177. The number of anilines is 1. The van der Waals surface area contributed by atoms with Crippen molar-refractivity contribution in [3.63, 3.8) is 0 Å². The van der Waals surface area contributed by atoms with Crippen LogP contribution in [0.15, 0.2) is 6.20 Å². The Labute approximate surface area is 124 Å². The number of aromatic nitrogens is 1. The second-order valence-electron chi connectivity index (χ2n) is 5.92. The van der Waals surface area contributed by atoms with Gasteiger partial charge in [-0.05, 0) is 44.7 Å². The summed E-state index contributed by atoms with van der Waals surface area (Å²) in [5.41, 5.74) is 0. The zero-order chi connectivity index (χ0) is 13.8. The van der Waals surface area contributed by atoms with Gasteiger partial charge >= 0.3 is 0 Å². The number of rotatable bonds is 3. The first-order valence-corrected chi connectivity index (χ1v) is 8.62. The van der Waals surface area contributed by atoms with Gasteiger partial charge in [-0.3, -0.25) is 4.79 Å². The molecule has 0 bridgehead atoms. The van der Waals surface area contributed by atoms with Crippen LogP contribution >= 0.6 is 11.3 Å². The van der Waals surface area contributed by atoms with Crippen LogP contribution in [0.1, 0.15) is 55.7 Å². The first-order chi connectivity index (χ1) is 9.83. The molecule has 1 aliphatic heterocycles. The van der Waals surface area contributed by atoms with Gasteiger partial charge in [0.05, 0.1) is 0 Å². The van der Waals surface area contributed by atoms with Gasteiger partial charge in [0.1, 0.15) is 0 Å². The fraction of sp³-hybridized carbons (Fsp3) is 0.733. The Bertz CT molecular complexity index is 448. The highest BCUT2D eigenvalue weighted by atomic mass is 32.1. The monoisotopic (exact) mass is 293 g/mol. The fourth-order valence-electron chi connectivity index (χ4n) is 3.21. The van der Waals surface area contributed by atoms with Crippen LogP contribution in [-0.4, -0.2) is 24.0 Å². The van der Waals surface area contributed by atoms with Gasteiger partial charge in [0, 0.05) is 17.0 Å². The zero-order valence-corrected chi connectivity index (χ0v) is 12.7. The highest BCUT2D eigenvalue weighted by molar-refractivity contribution is 7.15. The van der Waals surface area contributed by atoms with Crippen molar-refractivity contribution in [2.24, 2.45) is 5.92 Å². The van der Waals surface area contributed by atoms with E-state index >= 15 is 0 Å². The van der Waals surface area contributed by atoms with E-state index in [9.17, 15) is 4.79 Å². The summed E-state index contributed by atoms with van der Waals surface area (Å²) in [6.07, 6.45) is 10.1. The molecular weight excluding hydrogens is 270 g/mol. The van der Waals surface area contributed by atoms with Gasteiger partial charge < -0.3 is 10.6 Å². The molecule has 0 aromatic carbocycles. The predicted octanol–water partition coefficient (Wildman–Crippen LogP) is 3.13. The summed E-state index contributed by atoms with van der Waals surface area (Å²) in [5, 5.41) is 7.19. The third kappa shape index (κ3) is 3.38. The van der Waals surface area contributed by atoms with Crippen molar-refractivity contribution >= 4 is 22.4 Å². The second kappa shape index (κ2) is 6.68. The number of nitrogens with zero attached hydrogens (tertiary/aromatic N) is 1. The summed E-state index contributed by atoms with van der Waals surface area (Å²) in [5.74, 6) is 1.000. The van der Waals surface area contributed by atoms with Crippen molar-refractivity contribution in [1.29, 1.82) is 0 Å². The smallest absolute Gasteiger partial charge is 0.229 e. The van der Waals surface area contributed by atoms with E-state index < -0.39 is 0 Å². The standard InChI is InChI=1S/C15H23N3OS/c19-14(12-4-2-1-3-5-12)18-15-17-10-13(20-15)11-6-8-16-9-7-11/h10-12,16H,1-9H2,(H,17,18,19). The first-order valence-electron chi connectivity index (χ1n) is 7.80. The topological polar surface area (TPSA) is 54.0 Å². The highest BCUT2D eigenvalue weighted by Crippen LogP contribution is 2.32.